The van der Waals surface area contributed by atoms with Crippen molar-refractivity contribution in [3.05, 3.63) is 53.7 Å². The van der Waals surface area contributed by atoms with Crippen LogP contribution in [0.5, 0.6) is 0 Å². The molecule has 2 rings (SSSR count). The van der Waals surface area contributed by atoms with Gasteiger partial charge in [0, 0.05) is 5.56 Å². The Morgan fingerprint density at radius 1 is 1.00 bits per heavy atom. The summed E-state index contributed by atoms with van der Waals surface area (Å²) >= 11 is 0. The van der Waals surface area contributed by atoms with E-state index < -0.39 is 11.9 Å². The molecule has 0 bridgehead atoms. The topological polar surface area (TPSA) is 36.7 Å². The molecule has 2 aromatic rings. The number of rotatable bonds is 1. The zero-order chi connectivity index (χ0) is 13.2. The summed E-state index contributed by atoms with van der Waals surface area (Å²) in [6.45, 7) is 0. The van der Waals surface area contributed by atoms with Gasteiger partial charge in [0.1, 0.15) is 11.8 Å². The van der Waals surface area contributed by atoms with Crippen molar-refractivity contribution in [1.29, 1.82) is 5.26 Å². The van der Waals surface area contributed by atoms with E-state index in [2.05, 4.69) is 4.98 Å². The molecule has 18 heavy (non-hydrogen) atoms. The molecule has 0 saturated heterocycles. The lowest BCUT2D eigenvalue weighted by Crippen LogP contribution is -2.09. The summed E-state index contributed by atoms with van der Waals surface area (Å²) in [6.07, 6.45) is -4.52. The van der Waals surface area contributed by atoms with Crippen LogP contribution in [0.15, 0.2) is 42.5 Å². The van der Waals surface area contributed by atoms with Gasteiger partial charge in [-0.1, -0.05) is 30.3 Å². The molecule has 0 N–H and O–H groups in total. The molecule has 0 saturated carbocycles. The first-order valence-electron chi connectivity index (χ1n) is 5.06. The van der Waals surface area contributed by atoms with Crippen LogP contribution in [0, 0.1) is 11.3 Å². The van der Waals surface area contributed by atoms with Crippen LogP contribution < -0.4 is 0 Å². The molecule has 0 aliphatic carbocycles. The number of nitrogens with zero attached hydrogens (tertiary/aromatic N) is 2. The van der Waals surface area contributed by atoms with Crippen molar-refractivity contribution < 1.29 is 13.2 Å². The molecule has 0 atom stereocenters. The summed E-state index contributed by atoms with van der Waals surface area (Å²) in [5.74, 6) is 0. The van der Waals surface area contributed by atoms with E-state index >= 15 is 0 Å². The molecular weight excluding hydrogens is 241 g/mol. The van der Waals surface area contributed by atoms with Crippen LogP contribution in [0.4, 0.5) is 13.2 Å². The fourth-order valence-corrected chi connectivity index (χ4v) is 1.52. The first kappa shape index (κ1) is 12.1. The molecule has 0 spiro atoms. The van der Waals surface area contributed by atoms with Gasteiger partial charge in [0.15, 0.2) is 0 Å². The van der Waals surface area contributed by atoms with Crippen LogP contribution in [-0.4, -0.2) is 4.98 Å². The maximum atomic E-state index is 12.6. The Kier molecular flexibility index (Phi) is 3.02. The predicted molar refractivity (Wildman–Crippen MR) is 59.4 cm³/mol. The molecule has 90 valence electrons. The molecule has 0 aliphatic heterocycles. The van der Waals surface area contributed by atoms with Gasteiger partial charge in [0.2, 0.25) is 0 Å². The third-order valence-corrected chi connectivity index (χ3v) is 2.35. The highest BCUT2D eigenvalue weighted by Gasteiger charge is 2.33. The number of benzene rings is 1. The SMILES string of the molecule is N#Cc1ccc(C(F)(F)F)nc1-c1ccccc1. The zero-order valence-corrected chi connectivity index (χ0v) is 9.07. The number of halogens is 3. The van der Waals surface area contributed by atoms with Crippen LogP contribution in [0.3, 0.4) is 0 Å². The van der Waals surface area contributed by atoms with Gasteiger partial charge in [-0.3, -0.25) is 0 Å². The van der Waals surface area contributed by atoms with E-state index in [4.69, 9.17) is 5.26 Å². The highest BCUT2D eigenvalue weighted by Crippen LogP contribution is 2.30. The maximum absolute atomic E-state index is 12.6. The Balaban J connectivity index is 2.62. The second-order valence-corrected chi connectivity index (χ2v) is 3.57. The fourth-order valence-electron chi connectivity index (χ4n) is 1.52. The normalized spacial score (nSPS) is 11.0. The third-order valence-electron chi connectivity index (χ3n) is 2.35. The highest BCUT2D eigenvalue weighted by atomic mass is 19.4. The number of nitriles is 1. The second kappa shape index (κ2) is 4.49. The minimum absolute atomic E-state index is 0.0490. The summed E-state index contributed by atoms with van der Waals surface area (Å²) in [5.41, 5.74) is -0.345. The van der Waals surface area contributed by atoms with Gasteiger partial charge < -0.3 is 0 Å². The Morgan fingerprint density at radius 3 is 2.22 bits per heavy atom. The average molecular weight is 248 g/mol. The molecule has 0 aliphatic rings. The van der Waals surface area contributed by atoms with Crippen molar-refractivity contribution in [2.24, 2.45) is 0 Å². The Morgan fingerprint density at radius 2 is 1.67 bits per heavy atom. The van der Waals surface area contributed by atoms with Crippen molar-refractivity contribution in [1.82, 2.24) is 4.98 Å². The Hall–Kier alpha value is -2.35. The monoisotopic (exact) mass is 248 g/mol. The lowest BCUT2D eigenvalue weighted by Gasteiger charge is -2.09. The summed E-state index contributed by atoms with van der Waals surface area (Å²) in [6, 6.07) is 12.1. The number of hydrogen-bond donors (Lipinski definition) is 0. The molecule has 5 heteroatoms. The predicted octanol–water partition coefficient (Wildman–Crippen LogP) is 3.64. The van der Waals surface area contributed by atoms with Gasteiger partial charge >= 0.3 is 6.18 Å². The number of hydrogen-bond acceptors (Lipinski definition) is 2. The molecule has 0 fully saturated rings. The van der Waals surface area contributed by atoms with Crippen molar-refractivity contribution in [2.75, 3.05) is 0 Å². The van der Waals surface area contributed by atoms with E-state index in [1.165, 1.54) is 0 Å². The van der Waals surface area contributed by atoms with Gasteiger partial charge in [0.05, 0.1) is 11.3 Å². The van der Waals surface area contributed by atoms with Crippen molar-refractivity contribution in [3.8, 4) is 17.3 Å². The van der Waals surface area contributed by atoms with E-state index in [9.17, 15) is 13.2 Å². The largest absolute Gasteiger partial charge is 0.433 e. The molecule has 1 heterocycles. The van der Waals surface area contributed by atoms with E-state index in [1.807, 2.05) is 6.07 Å². The fraction of sp³-hybridized carbons (Fsp3) is 0.0769. The van der Waals surface area contributed by atoms with Crippen LogP contribution >= 0.6 is 0 Å². The van der Waals surface area contributed by atoms with Gasteiger partial charge in [-0.2, -0.15) is 18.4 Å². The summed E-state index contributed by atoms with van der Waals surface area (Å²) in [7, 11) is 0. The van der Waals surface area contributed by atoms with Crippen LogP contribution in [0.25, 0.3) is 11.3 Å². The van der Waals surface area contributed by atoms with Crippen molar-refractivity contribution in [2.45, 2.75) is 6.18 Å². The zero-order valence-electron chi connectivity index (χ0n) is 9.07. The molecular formula is C13H7F3N2. The van der Waals surface area contributed by atoms with E-state index in [0.717, 1.165) is 12.1 Å². The van der Waals surface area contributed by atoms with Crippen molar-refractivity contribution >= 4 is 0 Å². The average Bonchev–Trinajstić information content (AvgIpc) is 2.38. The quantitative estimate of drug-likeness (QED) is 0.772. The van der Waals surface area contributed by atoms with Crippen LogP contribution in [0.1, 0.15) is 11.3 Å². The van der Waals surface area contributed by atoms with Gasteiger partial charge in [-0.25, -0.2) is 4.98 Å². The molecule has 0 amide bonds. The molecule has 0 unspecified atom stereocenters. The standard InChI is InChI=1S/C13H7F3N2/c14-13(15,16)11-7-6-10(8-17)12(18-11)9-4-2-1-3-5-9/h1-7H. The molecule has 2 nitrogen and oxygen atoms in total. The summed E-state index contributed by atoms with van der Waals surface area (Å²) in [5, 5.41) is 8.90. The summed E-state index contributed by atoms with van der Waals surface area (Å²) in [4.78, 5) is 3.54. The molecule has 0 radical (unpaired) electrons. The number of alkyl halides is 3. The van der Waals surface area contributed by atoms with E-state index in [-0.39, 0.29) is 11.3 Å². The van der Waals surface area contributed by atoms with E-state index in [0.29, 0.717) is 5.56 Å². The first-order valence-corrected chi connectivity index (χ1v) is 5.06. The Bertz CT molecular complexity index is 598. The van der Waals surface area contributed by atoms with Gasteiger partial charge in [-0.05, 0) is 12.1 Å². The molecule has 1 aromatic heterocycles. The number of pyridine rings is 1. The van der Waals surface area contributed by atoms with E-state index in [1.54, 1.807) is 30.3 Å². The minimum Gasteiger partial charge on any atom is -0.242 e. The summed E-state index contributed by atoms with van der Waals surface area (Å²) < 4.78 is 37.7. The lowest BCUT2D eigenvalue weighted by atomic mass is 10.1. The third kappa shape index (κ3) is 2.33. The lowest BCUT2D eigenvalue weighted by molar-refractivity contribution is -0.141. The van der Waals surface area contributed by atoms with Crippen LogP contribution in [-0.2, 0) is 6.18 Å². The minimum atomic E-state index is -4.52. The second-order valence-electron chi connectivity index (χ2n) is 3.57. The first-order chi connectivity index (χ1) is 8.52. The van der Waals surface area contributed by atoms with Crippen LogP contribution in [0.2, 0.25) is 0 Å². The van der Waals surface area contributed by atoms with Gasteiger partial charge in [0.25, 0.3) is 0 Å². The smallest absolute Gasteiger partial charge is 0.242 e. The van der Waals surface area contributed by atoms with Crippen molar-refractivity contribution in [3.63, 3.8) is 0 Å². The maximum Gasteiger partial charge on any atom is 0.433 e. The van der Waals surface area contributed by atoms with Gasteiger partial charge in [-0.15, -0.1) is 0 Å². The number of aromatic nitrogens is 1. The highest BCUT2D eigenvalue weighted by molar-refractivity contribution is 5.66. The Labute approximate surface area is 101 Å². The molecule has 1 aromatic carbocycles.